The molecule has 2 rings (SSSR count). The lowest BCUT2D eigenvalue weighted by Gasteiger charge is -2.23. The van der Waals surface area contributed by atoms with Gasteiger partial charge in [-0.15, -0.1) is 0 Å². The van der Waals surface area contributed by atoms with E-state index in [9.17, 15) is 0 Å². The molecule has 0 aromatic heterocycles. The lowest BCUT2D eigenvalue weighted by Crippen LogP contribution is -2.12. The van der Waals surface area contributed by atoms with Gasteiger partial charge in [0.05, 0.1) is 11.4 Å². The highest BCUT2D eigenvalue weighted by Crippen LogP contribution is 2.31. The number of anilines is 3. The number of nitrogens with zero attached hydrogens (tertiary/aromatic N) is 1. The van der Waals surface area contributed by atoms with Gasteiger partial charge in [0, 0.05) is 16.3 Å². The molecule has 0 bridgehead atoms. The van der Waals surface area contributed by atoms with Crippen LogP contribution in [0, 0.1) is 10.5 Å². The second-order valence-electron chi connectivity index (χ2n) is 4.05. The van der Waals surface area contributed by atoms with E-state index >= 15 is 0 Å². The Hall–Kier alpha value is -1.23. The molecular weight excluding hydrogens is 323 g/mol. The smallest absolute Gasteiger partial charge is 0.0642 e. The third kappa shape index (κ3) is 2.54. The molecule has 0 aliphatic heterocycles. The minimum Gasteiger partial charge on any atom is -0.397 e. The number of halogens is 1. The van der Waals surface area contributed by atoms with Crippen molar-refractivity contribution in [3.8, 4) is 0 Å². The number of aryl methyl sites for hydroxylation is 1. The van der Waals surface area contributed by atoms with Crippen LogP contribution < -0.4 is 10.6 Å². The van der Waals surface area contributed by atoms with Gasteiger partial charge in [-0.05, 0) is 59.3 Å². The lowest BCUT2D eigenvalue weighted by molar-refractivity contribution is 1.19. The molecule has 2 aromatic carbocycles. The van der Waals surface area contributed by atoms with Gasteiger partial charge in [-0.2, -0.15) is 0 Å². The van der Waals surface area contributed by atoms with Crippen LogP contribution in [-0.4, -0.2) is 7.05 Å². The standard InChI is InChI=1S/C14H15IN2/c1-10-5-3-4-6-13(10)17(2)14-8-7-11(15)9-12(14)16/h3-9H,16H2,1-2H3. The molecule has 2 aromatic rings. The molecule has 88 valence electrons. The maximum absolute atomic E-state index is 6.06. The summed E-state index contributed by atoms with van der Waals surface area (Å²) in [7, 11) is 2.04. The van der Waals surface area contributed by atoms with Crippen LogP contribution >= 0.6 is 22.6 Å². The number of hydrogen-bond donors (Lipinski definition) is 1. The van der Waals surface area contributed by atoms with Crippen LogP contribution in [-0.2, 0) is 0 Å². The predicted molar refractivity (Wildman–Crippen MR) is 82.8 cm³/mol. The quantitative estimate of drug-likeness (QED) is 0.664. The highest BCUT2D eigenvalue weighted by Gasteiger charge is 2.09. The first-order valence-corrected chi connectivity index (χ1v) is 6.52. The molecule has 0 radical (unpaired) electrons. The summed E-state index contributed by atoms with van der Waals surface area (Å²) in [5.74, 6) is 0. The summed E-state index contributed by atoms with van der Waals surface area (Å²) in [4.78, 5) is 2.13. The number of benzene rings is 2. The molecular formula is C14H15IN2. The van der Waals surface area contributed by atoms with Gasteiger partial charge in [-0.3, -0.25) is 0 Å². The molecule has 0 saturated heterocycles. The molecule has 0 heterocycles. The predicted octanol–water partition coefficient (Wildman–Crippen LogP) is 3.95. The Balaban J connectivity index is 2.44. The zero-order valence-corrected chi connectivity index (χ0v) is 12.1. The van der Waals surface area contributed by atoms with Crippen LogP contribution in [0.3, 0.4) is 0 Å². The third-order valence-electron chi connectivity index (χ3n) is 2.83. The molecule has 0 aliphatic rings. The van der Waals surface area contributed by atoms with Crippen molar-refractivity contribution in [2.24, 2.45) is 0 Å². The normalized spacial score (nSPS) is 10.3. The highest BCUT2D eigenvalue weighted by molar-refractivity contribution is 14.1. The maximum atomic E-state index is 6.06. The van der Waals surface area contributed by atoms with Gasteiger partial charge in [0.25, 0.3) is 0 Å². The number of nitrogens with two attached hydrogens (primary N) is 1. The third-order valence-corrected chi connectivity index (χ3v) is 3.50. The zero-order valence-electron chi connectivity index (χ0n) is 9.94. The average molecular weight is 338 g/mol. The first kappa shape index (κ1) is 12.2. The molecule has 0 amide bonds. The van der Waals surface area contributed by atoms with Gasteiger partial charge in [0.2, 0.25) is 0 Å². The van der Waals surface area contributed by atoms with Crippen LogP contribution in [0.5, 0.6) is 0 Å². The molecule has 0 saturated carbocycles. The SMILES string of the molecule is Cc1ccccc1N(C)c1ccc(I)cc1N. The number of hydrogen-bond acceptors (Lipinski definition) is 2. The van der Waals surface area contributed by atoms with Crippen molar-refractivity contribution in [3.05, 3.63) is 51.6 Å². The molecule has 3 heteroatoms. The number of nitrogen functional groups attached to an aromatic ring is 1. The molecule has 2 nitrogen and oxygen atoms in total. The largest absolute Gasteiger partial charge is 0.397 e. The summed E-state index contributed by atoms with van der Waals surface area (Å²) in [6.07, 6.45) is 0. The fourth-order valence-electron chi connectivity index (χ4n) is 1.90. The molecule has 0 unspecified atom stereocenters. The summed E-state index contributed by atoms with van der Waals surface area (Å²) in [6, 6.07) is 14.4. The van der Waals surface area contributed by atoms with Crippen molar-refractivity contribution in [3.63, 3.8) is 0 Å². The Morgan fingerprint density at radius 2 is 1.76 bits per heavy atom. The van der Waals surface area contributed by atoms with Crippen molar-refractivity contribution in [1.29, 1.82) is 0 Å². The molecule has 0 atom stereocenters. The molecule has 17 heavy (non-hydrogen) atoms. The first-order valence-electron chi connectivity index (χ1n) is 5.44. The summed E-state index contributed by atoms with van der Waals surface area (Å²) >= 11 is 2.27. The fraction of sp³-hybridized carbons (Fsp3) is 0.143. The fourth-order valence-corrected chi connectivity index (χ4v) is 2.42. The Bertz CT molecular complexity index is 537. The summed E-state index contributed by atoms with van der Waals surface area (Å²) in [6.45, 7) is 2.11. The van der Waals surface area contributed by atoms with E-state index in [0.717, 1.165) is 14.9 Å². The first-order chi connectivity index (χ1) is 8.09. The van der Waals surface area contributed by atoms with Gasteiger partial charge in [-0.1, -0.05) is 18.2 Å². The van der Waals surface area contributed by atoms with Gasteiger partial charge in [0.1, 0.15) is 0 Å². The van der Waals surface area contributed by atoms with Crippen molar-refractivity contribution >= 4 is 39.7 Å². The van der Waals surface area contributed by atoms with Crippen molar-refractivity contribution in [2.75, 3.05) is 17.7 Å². The van der Waals surface area contributed by atoms with Gasteiger partial charge in [0.15, 0.2) is 0 Å². The highest BCUT2D eigenvalue weighted by atomic mass is 127. The van der Waals surface area contributed by atoms with Gasteiger partial charge in [-0.25, -0.2) is 0 Å². The summed E-state index contributed by atoms with van der Waals surface area (Å²) in [5.41, 5.74) is 10.3. The summed E-state index contributed by atoms with van der Waals surface area (Å²) < 4.78 is 1.15. The van der Waals surface area contributed by atoms with E-state index < -0.39 is 0 Å². The topological polar surface area (TPSA) is 29.3 Å². The van der Waals surface area contributed by atoms with Crippen molar-refractivity contribution in [2.45, 2.75) is 6.92 Å². The molecule has 0 fully saturated rings. The number of para-hydroxylation sites is 1. The van der Waals surface area contributed by atoms with Crippen LogP contribution in [0.1, 0.15) is 5.56 Å². The minimum absolute atomic E-state index is 0.808. The Morgan fingerprint density at radius 3 is 2.41 bits per heavy atom. The number of rotatable bonds is 2. The van der Waals surface area contributed by atoms with Crippen LogP contribution in [0.25, 0.3) is 0 Å². The van der Waals surface area contributed by atoms with Crippen LogP contribution in [0.15, 0.2) is 42.5 Å². The second kappa shape index (κ2) is 4.96. The van der Waals surface area contributed by atoms with E-state index in [1.54, 1.807) is 0 Å². The van der Waals surface area contributed by atoms with E-state index in [0.29, 0.717) is 0 Å². The monoisotopic (exact) mass is 338 g/mol. The lowest BCUT2D eigenvalue weighted by atomic mass is 10.1. The van der Waals surface area contributed by atoms with E-state index in [4.69, 9.17) is 5.73 Å². The molecule has 0 spiro atoms. The molecule has 2 N–H and O–H groups in total. The van der Waals surface area contributed by atoms with Crippen LogP contribution in [0.2, 0.25) is 0 Å². The van der Waals surface area contributed by atoms with Crippen molar-refractivity contribution < 1.29 is 0 Å². The zero-order chi connectivity index (χ0) is 12.4. The average Bonchev–Trinajstić information content (AvgIpc) is 2.29. The summed E-state index contributed by atoms with van der Waals surface area (Å²) in [5, 5.41) is 0. The van der Waals surface area contributed by atoms with Gasteiger partial charge < -0.3 is 10.6 Å². The minimum atomic E-state index is 0.808. The van der Waals surface area contributed by atoms with E-state index in [2.05, 4.69) is 58.7 Å². The maximum Gasteiger partial charge on any atom is 0.0642 e. The van der Waals surface area contributed by atoms with Crippen LogP contribution in [0.4, 0.5) is 17.1 Å². The Labute approximate surface area is 116 Å². The van der Waals surface area contributed by atoms with Gasteiger partial charge >= 0.3 is 0 Å². The second-order valence-corrected chi connectivity index (χ2v) is 5.29. The molecule has 0 aliphatic carbocycles. The van der Waals surface area contributed by atoms with E-state index in [1.165, 1.54) is 11.3 Å². The van der Waals surface area contributed by atoms with E-state index in [1.807, 2.05) is 25.2 Å². The Morgan fingerprint density at radius 1 is 1.06 bits per heavy atom. The Kier molecular flexibility index (Phi) is 3.57. The van der Waals surface area contributed by atoms with Crippen molar-refractivity contribution in [1.82, 2.24) is 0 Å². The van der Waals surface area contributed by atoms with E-state index in [-0.39, 0.29) is 0 Å².